The van der Waals surface area contributed by atoms with E-state index in [9.17, 15) is 13.6 Å². The molecule has 10 heteroatoms. The summed E-state index contributed by atoms with van der Waals surface area (Å²) in [6.45, 7) is 1.79. The largest absolute Gasteiger partial charge is 0.339 e. The number of pyridine rings is 2. The molecule has 8 nitrogen and oxygen atoms in total. The third-order valence-electron chi connectivity index (χ3n) is 5.34. The van der Waals surface area contributed by atoms with E-state index in [-0.39, 0.29) is 31.8 Å². The highest BCUT2D eigenvalue weighted by Crippen LogP contribution is 2.29. The van der Waals surface area contributed by atoms with Gasteiger partial charge in [-0.15, -0.1) is 0 Å². The van der Waals surface area contributed by atoms with Gasteiger partial charge in [-0.1, -0.05) is 5.16 Å². The zero-order valence-corrected chi connectivity index (χ0v) is 16.6. The van der Waals surface area contributed by atoms with Crippen LogP contribution in [0.4, 0.5) is 8.78 Å². The second kappa shape index (κ2) is 7.22. The Hall–Kier alpha value is -3.69. The number of likely N-dealkylation sites (tertiary alicyclic amines) is 1. The molecular weight excluding hydrogens is 406 g/mol. The van der Waals surface area contributed by atoms with Gasteiger partial charge in [0.15, 0.2) is 0 Å². The number of aromatic nitrogens is 5. The molecule has 1 saturated heterocycles. The molecule has 1 amide bonds. The minimum absolute atomic E-state index is 0.0406. The number of hydrogen-bond acceptors (Lipinski definition) is 6. The standard InChI is InChI=1S/C21H18F2N6O2/c1-13-26-18(27-31-13)15-9-17(12-24-10-15)29-5-2-14-8-16(11-25-19(14)29)20(30)28-6-3-21(22,23)4-7-28/h2,5,8-12H,3-4,6-7H2,1H3. The van der Waals surface area contributed by atoms with Crippen molar-refractivity contribution >= 4 is 16.9 Å². The summed E-state index contributed by atoms with van der Waals surface area (Å²) in [6, 6.07) is 5.44. The summed E-state index contributed by atoms with van der Waals surface area (Å²) >= 11 is 0. The summed E-state index contributed by atoms with van der Waals surface area (Å²) in [5.74, 6) is -2.08. The molecule has 0 saturated carbocycles. The van der Waals surface area contributed by atoms with Gasteiger partial charge >= 0.3 is 0 Å². The van der Waals surface area contributed by atoms with Gasteiger partial charge in [0.1, 0.15) is 5.65 Å². The third-order valence-corrected chi connectivity index (χ3v) is 5.34. The third kappa shape index (κ3) is 3.65. The molecule has 158 valence electrons. The Labute approximate surface area is 175 Å². The van der Waals surface area contributed by atoms with Gasteiger partial charge in [-0.2, -0.15) is 4.98 Å². The lowest BCUT2D eigenvalue weighted by Gasteiger charge is -2.31. The van der Waals surface area contributed by atoms with Gasteiger partial charge in [-0.3, -0.25) is 14.3 Å². The van der Waals surface area contributed by atoms with Crippen molar-refractivity contribution in [1.82, 2.24) is 29.6 Å². The van der Waals surface area contributed by atoms with Gasteiger partial charge in [0.2, 0.25) is 11.7 Å². The fourth-order valence-electron chi connectivity index (χ4n) is 3.67. The number of halogens is 2. The van der Waals surface area contributed by atoms with Gasteiger partial charge in [-0.05, 0) is 18.2 Å². The summed E-state index contributed by atoms with van der Waals surface area (Å²) in [6.07, 6.45) is 6.02. The Morgan fingerprint density at radius 1 is 1.16 bits per heavy atom. The first-order chi connectivity index (χ1) is 14.9. The molecule has 31 heavy (non-hydrogen) atoms. The van der Waals surface area contributed by atoms with E-state index >= 15 is 0 Å². The van der Waals surface area contributed by atoms with E-state index in [4.69, 9.17) is 4.52 Å². The molecule has 0 aromatic carbocycles. The van der Waals surface area contributed by atoms with Crippen LogP contribution in [-0.2, 0) is 0 Å². The lowest BCUT2D eigenvalue weighted by Crippen LogP contribution is -2.42. The molecule has 5 rings (SSSR count). The smallest absolute Gasteiger partial charge is 0.255 e. The number of carbonyl (C=O) groups excluding carboxylic acids is 1. The van der Waals surface area contributed by atoms with Crippen LogP contribution in [0.25, 0.3) is 28.1 Å². The maximum atomic E-state index is 13.4. The average Bonchev–Trinajstić information content (AvgIpc) is 3.39. The summed E-state index contributed by atoms with van der Waals surface area (Å²) in [7, 11) is 0. The summed E-state index contributed by atoms with van der Waals surface area (Å²) in [4.78, 5) is 27.1. The number of alkyl halides is 2. The van der Waals surface area contributed by atoms with Crippen LogP contribution >= 0.6 is 0 Å². The SMILES string of the molecule is Cc1nc(-c2cncc(-n3ccc4cc(C(=O)N5CCC(F)(F)CC5)cnc43)c2)no1. The molecule has 0 unspecified atom stereocenters. The van der Waals surface area contributed by atoms with Crippen molar-refractivity contribution in [3.8, 4) is 17.1 Å². The van der Waals surface area contributed by atoms with Crippen LogP contribution in [0.5, 0.6) is 0 Å². The average molecular weight is 424 g/mol. The monoisotopic (exact) mass is 424 g/mol. The van der Waals surface area contributed by atoms with Crippen molar-refractivity contribution in [2.75, 3.05) is 13.1 Å². The van der Waals surface area contributed by atoms with Gasteiger partial charge < -0.3 is 9.42 Å². The molecule has 0 spiro atoms. The molecule has 1 aliphatic rings. The summed E-state index contributed by atoms with van der Waals surface area (Å²) < 4.78 is 33.6. The van der Waals surface area contributed by atoms with Crippen molar-refractivity contribution in [2.45, 2.75) is 25.7 Å². The van der Waals surface area contributed by atoms with Crippen molar-refractivity contribution in [1.29, 1.82) is 0 Å². The Balaban J connectivity index is 1.43. The molecule has 0 bridgehead atoms. The minimum atomic E-state index is -2.70. The predicted molar refractivity (Wildman–Crippen MR) is 107 cm³/mol. The van der Waals surface area contributed by atoms with E-state index in [1.165, 1.54) is 11.1 Å². The zero-order valence-electron chi connectivity index (χ0n) is 16.6. The molecule has 0 atom stereocenters. The number of fused-ring (bicyclic) bond motifs is 1. The molecule has 1 aliphatic heterocycles. The van der Waals surface area contributed by atoms with Crippen LogP contribution in [0.1, 0.15) is 29.1 Å². The summed E-state index contributed by atoms with van der Waals surface area (Å²) in [5, 5.41) is 4.67. The topological polar surface area (TPSA) is 89.9 Å². The number of nitrogens with zero attached hydrogens (tertiary/aromatic N) is 6. The van der Waals surface area contributed by atoms with E-state index < -0.39 is 5.92 Å². The number of amides is 1. The van der Waals surface area contributed by atoms with Gasteiger partial charge in [0.25, 0.3) is 11.8 Å². The van der Waals surface area contributed by atoms with Crippen LogP contribution in [0, 0.1) is 6.92 Å². The number of carbonyl (C=O) groups is 1. The lowest BCUT2D eigenvalue weighted by atomic mass is 10.1. The van der Waals surface area contributed by atoms with Crippen molar-refractivity contribution < 1.29 is 18.1 Å². The Morgan fingerprint density at radius 3 is 2.71 bits per heavy atom. The normalized spacial score (nSPS) is 16.0. The van der Waals surface area contributed by atoms with Crippen molar-refractivity contribution in [3.05, 3.63) is 54.4 Å². The molecular formula is C21H18F2N6O2. The highest BCUT2D eigenvalue weighted by atomic mass is 19.3. The van der Waals surface area contributed by atoms with Crippen LogP contribution in [0.15, 0.2) is 47.5 Å². The number of rotatable bonds is 3. The maximum absolute atomic E-state index is 13.4. The van der Waals surface area contributed by atoms with Crippen LogP contribution in [0.2, 0.25) is 0 Å². The fourth-order valence-corrected chi connectivity index (χ4v) is 3.67. The Kier molecular flexibility index (Phi) is 4.49. The summed E-state index contributed by atoms with van der Waals surface area (Å²) in [5.41, 5.74) is 2.47. The van der Waals surface area contributed by atoms with E-state index in [1.54, 1.807) is 25.4 Å². The van der Waals surface area contributed by atoms with Gasteiger partial charge in [0, 0.05) is 62.4 Å². The maximum Gasteiger partial charge on any atom is 0.255 e. The Morgan fingerprint density at radius 2 is 1.97 bits per heavy atom. The first-order valence-electron chi connectivity index (χ1n) is 9.80. The molecule has 4 aromatic rings. The minimum Gasteiger partial charge on any atom is -0.339 e. The first-order valence-corrected chi connectivity index (χ1v) is 9.80. The van der Waals surface area contributed by atoms with Crippen molar-refractivity contribution in [2.24, 2.45) is 0 Å². The highest BCUT2D eigenvalue weighted by molar-refractivity contribution is 5.97. The highest BCUT2D eigenvalue weighted by Gasteiger charge is 2.35. The van der Waals surface area contributed by atoms with E-state index in [1.807, 2.05) is 22.9 Å². The predicted octanol–water partition coefficient (Wildman–Crippen LogP) is 3.65. The molecule has 0 aliphatic carbocycles. The molecule has 0 N–H and O–H groups in total. The first kappa shape index (κ1) is 19.3. The molecule has 1 fully saturated rings. The Bertz CT molecular complexity index is 1270. The fraction of sp³-hybridized carbons (Fsp3) is 0.286. The van der Waals surface area contributed by atoms with Gasteiger partial charge in [0.05, 0.1) is 17.4 Å². The molecule has 4 aromatic heterocycles. The lowest BCUT2D eigenvalue weighted by molar-refractivity contribution is -0.0494. The zero-order chi connectivity index (χ0) is 21.6. The molecule has 5 heterocycles. The number of piperidine rings is 1. The second-order valence-electron chi connectivity index (χ2n) is 7.54. The van der Waals surface area contributed by atoms with Crippen molar-refractivity contribution in [3.63, 3.8) is 0 Å². The van der Waals surface area contributed by atoms with Crippen LogP contribution in [0.3, 0.4) is 0 Å². The van der Waals surface area contributed by atoms with E-state index in [2.05, 4.69) is 20.1 Å². The quantitative estimate of drug-likeness (QED) is 0.499. The van der Waals surface area contributed by atoms with E-state index in [0.717, 1.165) is 11.1 Å². The van der Waals surface area contributed by atoms with Gasteiger partial charge in [-0.25, -0.2) is 13.8 Å². The number of aryl methyl sites for hydroxylation is 1. The van der Waals surface area contributed by atoms with E-state index in [0.29, 0.717) is 28.5 Å². The van der Waals surface area contributed by atoms with Crippen LogP contribution < -0.4 is 0 Å². The molecule has 0 radical (unpaired) electrons. The van der Waals surface area contributed by atoms with Crippen LogP contribution in [-0.4, -0.2) is 54.5 Å². The number of hydrogen-bond donors (Lipinski definition) is 0. The second-order valence-corrected chi connectivity index (χ2v) is 7.54.